The standard InChI is InChI=1S/C16H23N5O/c1-22-14-6-4-5-13(11-14)16-15(12-17)18-19-21(16)10-9-20-7-2-3-8-20/h4-6,11H,2-3,7-10,12,17H2,1H3. The van der Waals surface area contributed by atoms with Crippen LogP contribution in [0.2, 0.25) is 0 Å². The smallest absolute Gasteiger partial charge is 0.119 e. The molecule has 0 bridgehead atoms. The van der Waals surface area contributed by atoms with Crippen LogP contribution < -0.4 is 10.5 Å². The van der Waals surface area contributed by atoms with E-state index in [9.17, 15) is 0 Å². The fourth-order valence-electron chi connectivity index (χ4n) is 2.97. The maximum atomic E-state index is 5.83. The van der Waals surface area contributed by atoms with Gasteiger partial charge < -0.3 is 15.4 Å². The Labute approximate surface area is 130 Å². The Hall–Kier alpha value is -1.92. The zero-order valence-corrected chi connectivity index (χ0v) is 13.0. The second kappa shape index (κ2) is 6.89. The highest BCUT2D eigenvalue weighted by atomic mass is 16.5. The maximum Gasteiger partial charge on any atom is 0.119 e. The highest BCUT2D eigenvalue weighted by Gasteiger charge is 2.16. The van der Waals surface area contributed by atoms with E-state index in [-0.39, 0.29) is 0 Å². The zero-order valence-electron chi connectivity index (χ0n) is 13.0. The van der Waals surface area contributed by atoms with Crippen LogP contribution in [0.4, 0.5) is 0 Å². The largest absolute Gasteiger partial charge is 0.497 e. The van der Waals surface area contributed by atoms with Crippen LogP contribution >= 0.6 is 0 Å². The van der Waals surface area contributed by atoms with Crippen LogP contribution in [0.3, 0.4) is 0 Å². The van der Waals surface area contributed by atoms with Gasteiger partial charge in [0.2, 0.25) is 0 Å². The van der Waals surface area contributed by atoms with Crippen LogP contribution in [0.15, 0.2) is 24.3 Å². The first kappa shape index (κ1) is 15.0. The van der Waals surface area contributed by atoms with E-state index in [0.717, 1.165) is 35.8 Å². The molecule has 3 rings (SSSR count). The van der Waals surface area contributed by atoms with E-state index in [1.807, 2.05) is 28.9 Å². The van der Waals surface area contributed by atoms with Crippen LogP contribution in [0.5, 0.6) is 5.75 Å². The minimum Gasteiger partial charge on any atom is -0.497 e. The average molecular weight is 301 g/mol. The third kappa shape index (κ3) is 3.13. The lowest BCUT2D eigenvalue weighted by Gasteiger charge is -2.15. The molecule has 1 aliphatic heterocycles. The number of nitrogens with zero attached hydrogens (tertiary/aromatic N) is 4. The molecule has 2 N–H and O–H groups in total. The van der Waals surface area contributed by atoms with E-state index in [1.54, 1.807) is 7.11 Å². The summed E-state index contributed by atoms with van der Waals surface area (Å²) in [6.45, 7) is 4.60. The van der Waals surface area contributed by atoms with E-state index in [2.05, 4.69) is 15.2 Å². The first-order valence-corrected chi connectivity index (χ1v) is 7.81. The van der Waals surface area contributed by atoms with Crippen LogP contribution in [0.25, 0.3) is 11.3 Å². The van der Waals surface area contributed by atoms with E-state index in [4.69, 9.17) is 10.5 Å². The summed E-state index contributed by atoms with van der Waals surface area (Å²) in [5, 5.41) is 8.54. The Kier molecular flexibility index (Phi) is 4.70. The van der Waals surface area contributed by atoms with Crippen molar-refractivity contribution in [2.24, 2.45) is 5.73 Å². The van der Waals surface area contributed by atoms with Crippen molar-refractivity contribution in [1.29, 1.82) is 0 Å². The summed E-state index contributed by atoms with van der Waals surface area (Å²) in [5.74, 6) is 0.827. The molecule has 118 valence electrons. The fourth-order valence-corrected chi connectivity index (χ4v) is 2.97. The first-order chi connectivity index (χ1) is 10.8. The number of methoxy groups -OCH3 is 1. The highest BCUT2D eigenvalue weighted by molar-refractivity contribution is 5.63. The van der Waals surface area contributed by atoms with Crippen molar-refractivity contribution in [2.45, 2.75) is 25.9 Å². The quantitative estimate of drug-likeness (QED) is 0.876. The molecular weight excluding hydrogens is 278 g/mol. The Morgan fingerprint density at radius 3 is 2.77 bits per heavy atom. The highest BCUT2D eigenvalue weighted by Crippen LogP contribution is 2.26. The molecule has 0 saturated carbocycles. The molecular formula is C16H23N5O. The van der Waals surface area contributed by atoms with Gasteiger partial charge in [0.05, 0.1) is 19.3 Å². The van der Waals surface area contributed by atoms with Gasteiger partial charge in [-0.15, -0.1) is 5.10 Å². The molecule has 1 aromatic carbocycles. The molecule has 2 aromatic rings. The molecule has 6 nitrogen and oxygen atoms in total. The summed E-state index contributed by atoms with van der Waals surface area (Å²) >= 11 is 0. The zero-order chi connectivity index (χ0) is 15.4. The molecule has 2 heterocycles. The predicted octanol–water partition coefficient (Wildman–Crippen LogP) is 1.51. The van der Waals surface area contributed by atoms with Gasteiger partial charge in [-0.25, -0.2) is 4.68 Å². The number of aromatic nitrogens is 3. The molecule has 1 aliphatic rings. The lowest BCUT2D eigenvalue weighted by atomic mass is 10.1. The summed E-state index contributed by atoms with van der Waals surface area (Å²) in [7, 11) is 1.67. The predicted molar refractivity (Wildman–Crippen MR) is 85.6 cm³/mol. The van der Waals surface area contributed by atoms with E-state index >= 15 is 0 Å². The Balaban J connectivity index is 1.85. The summed E-state index contributed by atoms with van der Waals surface area (Å²) in [6.07, 6.45) is 2.60. The van der Waals surface area contributed by atoms with Crippen molar-refractivity contribution >= 4 is 0 Å². The number of nitrogens with two attached hydrogens (primary N) is 1. The topological polar surface area (TPSA) is 69.2 Å². The van der Waals surface area contributed by atoms with Crippen molar-refractivity contribution in [3.8, 4) is 17.0 Å². The van der Waals surface area contributed by atoms with Crippen molar-refractivity contribution in [3.05, 3.63) is 30.0 Å². The summed E-state index contributed by atoms with van der Waals surface area (Å²) in [4.78, 5) is 2.47. The molecule has 1 fully saturated rings. The van der Waals surface area contributed by atoms with Crippen molar-refractivity contribution in [1.82, 2.24) is 19.9 Å². The van der Waals surface area contributed by atoms with Gasteiger partial charge in [-0.05, 0) is 38.1 Å². The molecule has 0 unspecified atom stereocenters. The number of hydrogen-bond donors (Lipinski definition) is 1. The first-order valence-electron chi connectivity index (χ1n) is 7.81. The van der Waals surface area contributed by atoms with E-state index in [1.165, 1.54) is 25.9 Å². The fraction of sp³-hybridized carbons (Fsp3) is 0.500. The van der Waals surface area contributed by atoms with Crippen LogP contribution in [0.1, 0.15) is 18.5 Å². The third-order valence-corrected chi connectivity index (χ3v) is 4.17. The van der Waals surface area contributed by atoms with Gasteiger partial charge in [0, 0.05) is 18.7 Å². The Morgan fingerprint density at radius 2 is 2.05 bits per heavy atom. The lowest BCUT2D eigenvalue weighted by molar-refractivity contribution is 0.315. The van der Waals surface area contributed by atoms with Crippen molar-refractivity contribution < 1.29 is 4.74 Å². The SMILES string of the molecule is COc1cccc(-c2c(CN)nnn2CCN2CCCC2)c1. The van der Waals surface area contributed by atoms with Crippen molar-refractivity contribution in [2.75, 3.05) is 26.7 Å². The average Bonchev–Trinajstić information content (AvgIpc) is 3.22. The molecule has 1 saturated heterocycles. The van der Waals surface area contributed by atoms with Crippen molar-refractivity contribution in [3.63, 3.8) is 0 Å². The monoisotopic (exact) mass is 301 g/mol. The molecule has 0 amide bonds. The summed E-state index contributed by atoms with van der Waals surface area (Å²) in [5.41, 5.74) is 8.71. The number of rotatable bonds is 6. The van der Waals surface area contributed by atoms with Gasteiger partial charge in [-0.2, -0.15) is 0 Å². The normalized spacial score (nSPS) is 15.4. The Morgan fingerprint density at radius 1 is 1.23 bits per heavy atom. The molecule has 0 radical (unpaired) electrons. The summed E-state index contributed by atoms with van der Waals surface area (Å²) in [6, 6.07) is 7.97. The van der Waals surface area contributed by atoms with Gasteiger partial charge in [0.15, 0.2) is 0 Å². The summed E-state index contributed by atoms with van der Waals surface area (Å²) < 4.78 is 7.29. The van der Waals surface area contributed by atoms with Gasteiger partial charge in [0.25, 0.3) is 0 Å². The van der Waals surface area contributed by atoms with Gasteiger partial charge in [-0.1, -0.05) is 17.3 Å². The molecule has 0 atom stereocenters. The number of hydrogen-bond acceptors (Lipinski definition) is 5. The third-order valence-electron chi connectivity index (χ3n) is 4.17. The molecule has 0 aliphatic carbocycles. The minimum atomic E-state index is 0.385. The number of ether oxygens (including phenoxy) is 1. The van der Waals surface area contributed by atoms with Crippen LogP contribution in [0, 0.1) is 0 Å². The number of likely N-dealkylation sites (tertiary alicyclic amines) is 1. The van der Waals surface area contributed by atoms with E-state index in [0.29, 0.717) is 6.54 Å². The molecule has 6 heteroatoms. The lowest BCUT2D eigenvalue weighted by Crippen LogP contribution is -2.24. The van der Waals surface area contributed by atoms with Crippen LogP contribution in [-0.2, 0) is 13.1 Å². The molecule has 22 heavy (non-hydrogen) atoms. The van der Waals surface area contributed by atoms with E-state index < -0.39 is 0 Å². The van der Waals surface area contributed by atoms with Crippen LogP contribution in [-0.4, -0.2) is 46.6 Å². The second-order valence-corrected chi connectivity index (χ2v) is 5.59. The van der Waals surface area contributed by atoms with Gasteiger partial charge in [-0.3, -0.25) is 0 Å². The second-order valence-electron chi connectivity index (χ2n) is 5.59. The van der Waals surface area contributed by atoms with Gasteiger partial charge >= 0.3 is 0 Å². The minimum absolute atomic E-state index is 0.385. The number of benzene rings is 1. The molecule has 0 spiro atoms. The van der Waals surface area contributed by atoms with Gasteiger partial charge in [0.1, 0.15) is 11.4 Å². The maximum absolute atomic E-state index is 5.83. The molecule has 1 aromatic heterocycles. The Bertz CT molecular complexity index is 619.